The maximum atomic E-state index is 13.8. The normalized spacial score (nSPS) is 19.3. The molecule has 0 bridgehead atoms. The molecule has 1 N–H and O–H groups in total. The van der Waals surface area contributed by atoms with Gasteiger partial charge in [-0.15, -0.1) is 0 Å². The summed E-state index contributed by atoms with van der Waals surface area (Å²) in [6.45, 7) is -0.336. The largest absolute Gasteiger partial charge is 0.459 e. The van der Waals surface area contributed by atoms with Crippen molar-refractivity contribution in [2.45, 2.75) is 24.9 Å². The molecule has 0 aliphatic carbocycles. The van der Waals surface area contributed by atoms with Gasteiger partial charge < -0.3 is 14.2 Å². The van der Waals surface area contributed by atoms with Gasteiger partial charge in [0.2, 0.25) is 5.82 Å². The van der Waals surface area contributed by atoms with Gasteiger partial charge in [-0.05, 0) is 48.5 Å². The summed E-state index contributed by atoms with van der Waals surface area (Å²) in [6.07, 6.45) is -2.44. The molecule has 0 saturated carbocycles. The third kappa shape index (κ3) is 5.79. The zero-order valence-electron chi connectivity index (χ0n) is 17.8. The van der Waals surface area contributed by atoms with E-state index in [1.165, 1.54) is 48.5 Å². The Morgan fingerprint density at radius 3 is 2.17 bits per heavy atom. The fourth-order valence-electron chi connectivity index (χ4n) is 3.44. The number of carbonyl (C=O) groups is 2. The summed E-state index contributed by atoms with van der Waals surface area (Å²) in [5.41, 5.74) is -1.65. The second-order valence-electron chi connectivity index (χ2n) is 7.56. The fraction of sp³-hybridized carbons (Fsp3) is 0.217. The van der Waals surface area contributed by atoms with E-state index in [9.17, 15) is 23.6 Å². The first-order chi connectivity index (χ1) is 16.7. The smallest absolute Gasteiger partial charge is 0.338 e. The van der Waals surface area contributed by atoms with Gasteiger partial charge in [0.25, 0.3) is 5.56 Å². The van der Waals surface area contributed by atoms with Crippen LogP contribution in [0.2, 0.25) is 10.0 Å². The van der Waals surface area contributed by atoms with Crippen LogP contribution in [0, 0.1) is 5.82 Å². The molecule has 9 nitrogen and oxygen atoms in total. The number of benzene rings is 2. The summed E-state index contributed by atoms with van der Waals surface area (Å²) < 4.78 is 31.3. The van der Waals surface area contributed by atoms with Crippen LogP contribution in [0.15, 0.2) is 64.3 Å². The zero-order valence-corrected chi connectivity index (χ0v) is 19.3. The van der Waals surface area contributed by atoms with Crippen molar-refractivity contribution in [3.05, 3.63) is 103 Å². The molecule has 0 spiro atoms. The number of rotatable bonds is 6. The molecule has 182 valence electrons. The van der Waals surface area contributed by atoms with Crippen LogP contribution in [0.4, 0.5) is 4.39 Å². The first kappa shape index (κ1) is 24.6. The van der Waals surface area contributed by atoms with Crippen molar-refractivity contribution in [3.63, 3.8) is 0 Å². The minimum absolute atomic E-state index is 0.0755. The molecule has 1 saturated heterocycles. The number of aromatic amines is 1. The number of esters is 2. The maximum absolute atomic E-state index is 13.8. The number of nitrogens with zero attached hydrogens (tertiary/aromatic N) is 1. The van der Waals surface area contributed by atoms with Gasteiger partial charge in [-0.2, -0.15) is 4.39 Å². The summed E-state index contributed by atoms with van der Waals surface area (Å²) in [6, 6.07) is 12.0. The summed E-state index contributed by atoms with van der Waals surface area (Å²) >= 11 is 11.7. The number of halogens is 3. The molecule has 2 heterocycles. The van der Waals surface area contributed by atoms with E-state index >= 15 is 0 Å². The Kier molecular flexibility index (Phi) is 7.34. The van der Waals surface area contributed by atoms with Crippen molar-refractivity contribution in [2.24, 2.45) is 0 Å². The molecule has 12 heteroatoms. The first-order valence-corrected chi connectivity index (χ1v) is 11.0. The van der Waals surface area contributed by atoms with E-state index in [2.05, 4.69) is 0 Å². The number of nitrogens with one attached hydrogen (secondary N) is 1. The topological polar surface area (TPSA) is 117 Å². The molecule has 4 rings (SSSR count). The van der Waals surface area contributed by atoms with Crippen molar-refractivity contribution in [1.82, 2.24) is 9.55 Å². The van der Waals surface area contributed by atoms with Crippen molar-refractivity contribution in [3.8, 4) is 0 Å². The first-order valence-electron chi connectivity index (χ1n) is 10.3. The zero-order chi connectivity index (χ0) is 25.1. The minimum atomic E-state index is -1.19. The van der Waals surface area contributed by atoms with Gasteiger partial charge >= 0.3 is 17.6 Å². The van der Waals surface area contributed by atoms with Crippen molar-refractivity contribution in [2.75, 3.05) is 6.61 Å². The minimum Gasteiger partial charge on any atom is -0.459 e. The Hall–Kier alpha value is -3.47. The van der Waals surface area contributed by atoms with Crippen LogP contribution in [-0.2, 0) is 14.2 Å². The van der Waals surface area contributed by atoms with Crippen LogP contribution in [0.1, 0.15) is 33.4 Å². The van der Waals surface area contributed by atoms with Crippen LogP contribution in [0.5, 0.6) is 0 Å². The van der Waals surface area contributed by atoms with Crippen LogP contribution < -0.4 is 11.2 Å². The van der Waals surface area contributed by atoms with E-state index in [0.717, 1.165) is 4.57 Å². The number of ether oxygens (including phenoxy) is 3. The van der Waals surface area contributed by atoms with E-state index in [-0.39, 0.29) is 24.2 Å². The highest BCUT2D eigenvalue weighted by molar-refractivity contribution is 6.31. The summed E-state index contributed by atoms with van der Waals surface area (Å²) in [5, 5.41) is 0.869. The third-order valence-corrected chi connectivity index (χ3v) is 5.72. The Morgan fingerprint density at radius 2 is 1.57 bits per heavy atom. The molecule has 1 fully saturated rings. The number of carbonyl (C=O) groups excluding carboxylic acids is 2. The fourth-order valence-corrected chi connectivity index (χ4v) is 3.69. The lowest BCUT2D eigenvalue weighted by molar-refractivity contribution is -0.0584. The molecule has 3 aromatic rings. The van der Waals surface area contributed by atoms with Gasteiger partial charge in [0.05, 0.1) is 17.3 Å². The average Bonchev–Trinajstić information content (AvgIpc) is 3.22. The molecular formula is C23H17Cl2FN2O7. The highest BCUT2D eigenvalue weighted by atomic mass is 35.5. The van der Waals surface area contributed by atoms with Crippen LogP contribution >= 0.6 is 23.2 Å². The molecule has 1 aliphatic rings. The van der Waals surface area contributed by atoms with E-state index in [0.29, 0.717) is 16.2 Å². The molecule has 0 radical (unpaired) electrons. The van der Waals surface area contributed by atoms with E-state index < -0.39 is 47.4 Å². The quantitative estimate of drug-likeness (QED) is 0.493. The highest BCUT2D eigenvalue weighted by Gasteiger charge is 2.40. The Bertz CT molecular complexity index is 1360. The van der Waals surface area contributed by atoms with Gasteiger partial charge in [-0.1, -0.05) is 23.2 Å². The molecule has 1 aliphatic heterocycles. The van der Waals surface area contributed by atoms with Crippen LogP contribution in [0.3, 0.4) is 0 Å². The molecule has 3 atom stereocenters. The average molecular weight is 523 g/mol. The van der Waals surface area contributed by atoms with Crippen molar-refractivity contribution < 1.29 is 28.2 Å². The number of hydrogen-bond donors (Lipinski definition) is 1. The summed E-state index contributed by atoms with van der Waals surface area (Å²) in [5.74, 6) is -2.57. The van der Waals surface area contributed by atoms with Gasteiger partial charge in [-0.3, -0.25) is 14.3 Å². The van der Waals surface area contributed by atoms with Gasteiger partial charge in [0.15, 0.2) is 0 Å². The van der Waals surface area contributed by atoms with Crippen LogP contribution in [0.25, 0.3) is 0 Å². The number of hydrogen-bond acceptors (Lipinski definition) is 7. The lowest BCUT2D eigenvalue weighted by Gasteiger charge is -2.19. The van der Waals surface area contributed by atoms with E-state index in [1.807, 2.05) is 4.98 Å². The predicted octanol–water partition coefficient (Wildman–Crippen LogP) is 3.35. The number of H-pyrrole nitrogens is 1. The molecule has 2 aromatic carbocycles. The SMILES string of the molecule is O=C(OC[C@H]1O[C@@H](n2cc(F)c(=O)[nH]c2=O)C[C@@H]1OC(=O)c1ccc(Cl)cc1)c1ccc(Cl)cc1. The predicted molar refractivity (Wildman–Crippen MR) is 122 cm³/mol. The van der Waals surface area contributed by atoms with Gasteiger partial charge in [0, 0.05) is 16.5 Å². The maximum Gasteiger partial charge on any atom is 0.338 e. The lowest BCUT2D eigenvalue weighted by Crippen LogP contribution is -2.34. The lowest BCUT2D eigenvalue weighted by atomic mass is 10.1. The third-order valence-electron chi connectivity index (χ3n) is 5.21. The van der Waals surface area contributed by atoms with E-state index in [4.69, 9.17) is 37.4 Å². The highest BCUT2D eigenvalue weighted by Crippen LogP contribution is 2.31. The Balaban J connectivity index is 1.53. The molecule has 1 aromatic heterocycles. The molecule has 0 unspecified atom stereocenters. The molecular weight excluding hydrogens is 506 g/mol. The van der Waals surface area contributed by atoms with Gasteiger partial charge in [-0.25, -0.2) is 14.4 Å². The van der Waals surface area contributed by atoms with Crippen molar-refractivity contribution >= 4 is 35.1 Å². The second-order valence-corrected chi connectivity index (χ2v) is 8.44. The van der Waals surface area contributed by atoms with E-state index in [1.54, 1.807) is 0 Å². The van der Waals surface area contributed by atoms with Gasteiger partial charge in [0.1, 0.15) is 25.0 Å². The van der Waals surface area contributed by atoms with Crippen LogP contribution in [-0.4, -0.2) is 40.3 Å². The monoisotopic (exact) mass is 522 g/mol. The summed E-state index contributed by atoms with van der Waals surface area (Å²) in [7, 11) is 0. The molecule has 0 amide bonds. The Labute approximate surface area is 207 Å². The standard InChI is InChI=1S/C23H17Cl2FN2O7/c24-14-5-1-12(2-6-14)21(30)33-11-18-17(35-22(31)13-3-7-15(25)8-4-13)9-19(34-18)28-10-16(26)20(29)27-23(28)32/h1-8,10,17-19H,9,11H2,(H,27,29,32)/t17-,18+,19+/m0/s1. The molecule has 35 heavy (non-hydrogen) atoms. The Morgan fingerprint density at radius 1 is 1.00 bits per heavy atom. The second kappa shape index (κ2) is 10.4. The summed E-state index contributed by atoms with van der Waals surface area (Å²) in [4.78, 5) is 50.4. The number of aromatic nitrogens is 2. The van der Waals surface area contributed by atoms with Crippen molar-refractivity contribution in [1.29, 1.82) is 0 Å².